The normalized spacial score (nSPS) is 30.6. The third-order valence-corrected chi connectivity index (χ3v) is 2.93. The van der Waals surface area contributed by atoms with Gasteiger partial charge in [0.05, 0.1) is 0 Å². The molecule has 0 aromatic rings. The van der Waals surface area contributed by atoms with Gasteiger partial charge in [-0.25, -0.2) is 0 Å². The molecule has 70 valence electrons. The summed E-state index contributed by atoms with van der Waals surface area (Å²) in [5.41, 5.74) is 0. The molecule has 0 bridgehead atoms. The largest absolute Gasteiger partial charge is 0.314 e. The lowest BCUT2D eigenvalue weighted by molar-refractivity contribution is 0.243. The number of hydrogen-bond donors (Lipinski definition) is 1. The first kappa shape index (κ1) is 9.79. The maximum Gasteiger partial charge on any atom is 0.0104 e. The van der Waals surface area contributed by atoms with E-state index in [2.05, 4.69) is 25.7 Å². The minimum absolute atomic E-state index is 0.698. The van der Waals surface area contributed by atoms with E-state index in [1.165, 1.54) is 19.4 Å². The number of piperidine rings is 1. The van der Waals surface area contributed by atoms with Gasteiger partial charge in [-0.1, -0.05) is 19.9 Å². The van der Waals surface area contributed by atoms with E-state index < -0.39 is 0 Å². The lowest BCUT2D eigenvalue weighted by atomic mass is 9.83. The average Bonchev–Trinajstić information content (AvgIpc) is 2.05. The van der Waals surface area contributed by atoms with Crippen LogP contribution in [0.25, 0.3) is 0 Å². The summed E-state index contributed by atoms with van der Waals surface area (Å²) < 4.78 is 0. The van der Waals surface area contributed by atoms with Crippen LogP contribution >= 0.6 is 0 Å². The highest BCUT2D eigenvalue weighted by Gasteiger charge is 2.22. The molecular weight excluding hydrogens is 146 g/mol. The lowest BCUT2D eigenvalue weighted by Gasteiger charge is -2.32. The van der Waals surface area contributed by atoms with Crippen LogP contribution in [0.3, 0.4) is 0 Å². The Kier molecular flexibility index (Phi) is 3.80. The summed E-state index contributed by atoms with van der Waals surface area (Å²) in [6, 6.07) is 0.698. The zero-order chi connectivity index (χ0) is 8.97. The van der Waals surface area contributed by atoms with Crippen LogP contribution in [0.4, 0.5) is 0 Å². The van der Waals surface area contributed by atoms with Crippen molar-refractivity contribution in [1.82, 2.24) is 5.32 Å². The van der Waals surface area contributed by atoms with Gasteiger partial charge in [0.2, 0.25) is 0 Å². The Morgan fingerprint density at radius 3 is 2.92 bits per heavy atom. The molecular formula is C11H21N. The molecule has 1 nitrogen and oxygen atoms in total. The van der Waals surface area contributed by atoms with E-state index >= 15 is 0 Å². The molecule has 0 amide bonds. The van der Waals surface area contributed by atoms with Crippen molar-refractivity contribution in [2.75, 3.05) is 6.54 Å². The van der Waals surface area contributed by atoms with Crippen molar-refractivity contribution in [2.24, 2.45) is 11.8 Å². The second-order valence-electron chi connectivity index (χ2n) is 4.20. The van der Waals surface area contributed by atoms with E-state index in [0.717, 1.165) is 18.3 Å². The average molecular weight is 167 g/mol. The number of nitrogens with one attached hydrogen (secondary N) is 1. The maximum absolute atomic E-state index is 3.78. The summed E-state index contributed by atoms with van der Waals surface area (Å²) in [5, 5.41) is 3.53. The highest BCUT2D eigenvalue weighted by atomic mass is 14.9. The number of hydrogen-bond acceptors (Lipinski definition) is 1. The maximum atomic E-state index is 3.78. The third-order valence-electron chi connectivity index (χ3n) is 2.93. The molecule has 0 aliphatic carbocycles. The molecule has 0 aromatic carbocycles. The van der Waals surface area contributed by atoms with Gasteiger partial charge in [0.1, 0.15) is 0 Å². The van der Waals surface area contributed by atoms with Crippen LogP contribution in [0.1, 0.15) is 33.1 Å². The van der Waals surface area contributed by atoms with Crippen LogP contribution in [-0.4, -0.2) is 12.6 Å². The molecule has 0 radical (unpaired) electrons. The molecule has 2 atom stereocenters. The van der Waals surface area contributed by atoms with E-state index in [9.17, 15) is 0 Å². The van der Waals surface area contributed by atoms with Crippen molar-refractivity contribution in [1.29, 1.82) is 0 Å². The molecule has 1 rings (SSSR count). The van der Waals surface area contributed by atoms with Gasteiger partial charge in [0.15, 0.2) is 0 Å². The van der Waals surface area contributed by atoms with Crippen LogP contribution in [0, 0.1) is 11.8 Å². The van der Waals surface area contributed by atoms with Gasteiger partial charge >= 0.3 is 0 Å². The predicted molar refractivity (Wildman–Crippen MR) is 54.2 cm³/mol. The molecule has 1 aliphatic rings. The smallest absolute Gasteiger partial charge is 0.0104 e. The second-order valence-corrected chi connectivity index (χ2v) is 4.20. The molecule has 0 spiro atoms. The van der Waals surface area contributed by atoms with E-state index in [1.807, 2.05) is 6.08 Å². The van der Waals surface area contributed by atoms with Crippen molar-refractivity contribution >= 4 is 0 Å². The van der Waals surface area contributed by atoms with E-state index in [-0.39, 0.29) is 0 Å². The van der Waals surface area contributed by atoms with Crippen LogP contribution in [0.15, 0.2) is 12.7 Å². The Bertz CT molecular complexity index is 140. The minimum atomic E-state index is 0.698. The van der Waals surface area contributed by atoms with Crippen molar-refractivity contribution in [2.45, 2.75) is 39.2 Å². The number of rotatable bonds is 3. The Balaban J connectivity index is 2.34. The van der Waals surface area contributed by atoms with E-state index in [4.69, 9.17) is 0 Å². The van der Waals surface area contributed by atoms with Gasteiger partial charge in [-0.2, -0.15) is 0 Å². The molecule has 1 heteroatoms. The molecule has 0 saturated carbocycles. The highest BCUT2D eigenvalue weighted by molar-refractivity contribution is 4.84. The zero-order valence-corrected chi connectivity index (χ0v) is 8.34. The molecule has 1 saturated heterocycles. The quantitative estimate of drug-likeness (QED) is 0.637. The molecule has 0 aromatic heterocycles. The predicted octanol–water partition coefficient (Wildman–Crippen LogP) is 2.59. The zero-order valence-electron chi connectivity index (χ0n) is 8.34. The standard InChI is InChI=1S/C11H21N/c1-4-5-11-8-10(9(2)3)6-7-12-11/h4,9-12H,1,5-8H2,2-3H3/t10-,11+/m1/s1. The summed E-state index contributed by atoms with van der Waals surface area (Å²) in [6.45, 7) is 9.65. The molecule has 1 aliphatic heterocycles. The van der Waals surface area contributed by atoms with Crippen molar-refractivity contribution in [3.05, 3.63) is 12.7 Å². The minimum Gasteiger partial charge on any atom is -0.314 e. The Labute approximate surface area is 76.2 Å². The van der Waals surface area contributed by atoms with Gasteiger partial charge in [0.25, 0.3) is 0 Å². The van der Waals surface area contributed by atoms with Crippen LogP contribution < -0.4 is 5.32 Å². The van der Waals surface area contributed by atoms with E-state index in [1.54, 1.807) is 0 Å². The lowest BCUT2D eigenvalue weighted by Crippen LogP contribution is -2.39. The van der Waals surface area contributed by atoms with Gasteiger partial charge in [-0.3, -0.25) is 0 Å². The van der Waals surface area contributed by atoms with Gasteiger partial charge < -0.3 is 5.32 Å². The molecule has 12 heavy (non-hydrogen) atoms. The highest BCUT2D eigenvalue weighted by Crippen LogP contribution is 2.25. The summed E-state index contributed by atoms with van der Waals surface area (Å²) in [5.74, 6) is 1.77. The second kappa shape index (κ2) is 4.66. The first-order valence-corrected chi connectivity index (χ1v) is 5.08. The summed E-state index contributed by atoms with van der Waals surface area (Å²) in [4.78, 5) is 0. The van der Waals surface area contributed by atoms with Crippen molar-refractivity contribution in [3.8, 4) is 0 Å². The molecule has 0 unspecified atom stereocenters. The molecule has 1 N–H and O–H groups in total. The fraction of sp³-hybridized carbons (Fsp3) is 0.818. The Morgan fingerprint density at radius 1 is 1.58 bits per heavy atom. The molecule has 1 heterocycles. The first-order chi connectivity index (χ1) is 5.74. The first-order valence-electron chi connectivity index (χ1n) is 5.08. The SMILES string of the molecule is C=CC[C@H]1C[C@H](C(C)C)CCN1. The topological polar surface area (TPSA) is 12.0 Å². The van der Waals surface area contributed by atoms with Crippen LogP contribution in [0.2, 0.25) is 0 Å². The van der Waals surface area contributed by atoms with Crippen LogP contribution in [-0.2, 0) is 0 Å². The Morgan fingerprint density at radius 2 is 2.33 bits per heavy atom. The van der Waals surface area contributed by atoms with Gasteiger partial charge in [-0.15, -0.1) is 6.58 Å². The van der Waals surface area contributed by atoms with Gasteiger partial charge in [0, 0.05) is 6.04 Å². The summed E-state index contributed by atoms with van der Waals surface area (Å²) in [6.07, 6.45) is 5.85. The van der Waals surface area contributed by atoms with Crippen LogP contribution in [0.5, 0.6) is 0 Å². The molecule has 1 fully saturated rings. The van der Waals surface area contributed by atoms with E-state index in [0.29, 0.717) is 6.04 Å². The fourth-order valence-corrected chi connectivity index (χ4v) is 2.03. The van der Waals surface area contributed by atoms with Crippen molar-refractivity contribution < 1.29 is 0 Å². The third kappa shape index (κ3) is 2.63. The monoisotopic (exact) mass is 167 g/mol. The summed E-state index contributed by atoms with van der Waals surface area (Å²) >= 11 is 0. The summed E-state index contributed by atoms with van der Waals surface area (Å²) in [7, 11) is 0. The van der Waals surface area contributed by atoms with Crippen molar-refractivity contribution in [3.63, 3.8) is 0 Å². The van der Waals surface area contributed by atoms with Gasteiger partial charge in [-0.05, 0) is 37.6 Å². The Hall–Kier alpha value is -0.300. The fourth-order valence-electron chi connectivity index (χ4n) is 2.03.